The third kappa shape index (κ3) is 3.28. The van der Waals surface area contributed by atoms with Crippen molar-refractivity contribution in [3.8, 4) is 0 Å². The van der Waals surface area contributed by atoms with Crippen LogP contribution in [0.5, 0.6) is 0 Å². The summed E-state index contributed by atoms with van der Waals surface area (Å²) >= 11 is 0. The van der Waals surface area contributed by atoms with E-state index >= 15 is 0 Å². The highest BCUT2D eigenvalue weighted by molar-refractivity contribution is 6.04. The molecule has 1 saturated carbocycles. The molecule has 1 heterocycles. The molecule has 25 heavy (non-hydrogen) atoms. The Bertz CT molecular complexity index is 897. The Labute approximate surface area is 145 Å². The molecule has 0 bridgehead atoms. The monoisotopic (exact) mass is 337 g/mol. The zero-order valence-corrected chi connectivity index (χ0v) is 14.0. The van der Waals surface area contributed by atoms with Crippen molar-refractivity contribution < 1.29 is 18.8 Å². The number of fused-ring (bicyclic) bond motifs is 1. The first kappa shape index (κ1) is 15.8. The van der Waals surface area contributed by atoms with Gasteiger partial charge in [-0.2, -0.15) is 0 Å². The Morgan fingerprint density at radius 3 is 2.72 bits per heavy atom. The smallest absolute Gasteiger partial charge is 0.338 e. The minimum atomic E-state index is -0.375. The number of rotatable bonds is 6. The number of nitrogens with zero attached hydrogens (tertiary/aromatic N) is 1. The van der Waals surface area contributed by atoms with Gasteiger partial charge in [0.2, 0.25) is 0 Å². The fourth-order valence-corrected chi connectivity index (χ4v) is 3.02. The van der Waals surface area contributed by atoms with Crippen molar-refractivity contribution in [3.63, 3.8) is 0 Å². The maximum atomic E-state index is 12.2. The quantitative estimate of drug-likeness (QED) is 0.631. The highest BCUT2D eigenvalue weighted by Gasteiger charge is 2.27. The summed E-state index contributed by atoms with van der Waals surface area (Å²) in [6.07, 6.45) is 2.29. The molecular weight excluding hydrogens is 318 g/mol. The number of carbonyl (C=O) groups excluding carboxylic acids is 1. The Kier molecular flexibility index (Phi) is 4.24. The normalized spacial score (nSPS) is 14.0. The Hall–Kier alpha value is -2.66. The summed E-state index contributed by atoms with van der Waals surface area (Å²) in [5, 5.41) is 4.80. The summed E-state index contributed by atoms with van der Waals surface area (Å²) in [4.78, 5) is 12.2. The molecule has 1 aliphatic rings. The van der Waals surface area contributed by atoms with E-state index in [-0.39, 0.29) is 12.6 Å². The fourth-order valence-electron chi connectivity index (χ4n) is 3.02. The molecule has 2 aromatic carbocycles. The molecule has 0 saturated heterocycles. The van der Waals surface area contributed by atoms with Gasteiger partial charge >= 0.3 is 5.97 Å². The van der Waals surface area contributed by atoms with Crippen LogP contribution in [0.4, 0.5) is 0 Å². The van der Waals surface area contributed by atoms with Gasteiger partial charge in [-0.1, -0.05) is 35.5 Å². The standard InChI is InChI=1S/C20H19NO4/c1-23-20(22)16-9-15(14-7-8-14)10-18-19(16)17(21-25-18)12-24-11-13-5-3-2-4-6-13/h2-6,9-10,14H,7-8,11-12H2,1H3. The van der Waals surface area contributed by atoms with Gasteiger partial charge in [0.1, 0.15) is 5.69 Å². The molecule has 0 spiro atoms. The molecule has 1 aliphatic carbocycles. The van der Waals surface area contributed by atoms with Crippen molar-refractivity contribution in [1.82, 2.24) is 5.16 Å². The van der Waals surface area contributed by atoms with Crippen LogP contribution in [0.1, 0.15) is 45.9 Å². The van der Waals surface area contributed by atoms with Gasteiger partial charge in [-0.25, -0.2) is 4.79 Å². The van der Waals surface area contributed by atoms with Crippen LogP contribution >= 0.6 is 0 Å². The third-order valence-corrected chi connectivity index (χ3v) is 4.47. The van der Waals surface area contributed by atoms with E-state index in [1.165, 1.54) is 7.11 Å². The van der Waals surface area contributed by atoms with E-state index in [9.17, 15) is 4.79 Å². The largest absolute Gasteiger partial charge is 0.465 e. The Morgan fingerprint density at radius 2 is 2.00 bits per heavy atom. The molecule has 1 fully saturated rings. The van der Waals surface area contributed by atoms with Crippen LogP contribution in [0.3, 0.4) is 0 Å². The molecule has 3 aromatic rings. The van der Waals surface area contributed by atoms with E-state index in [4.69, 9.17) is 14.0 Å². The van der Waals surface area contributed by atoms with Gasteiger partial charge in [0.05, 0.1) is 31.3 Å². The maximum Gasteiger partial charge on any atom is 0.338 e. The number of ether oxygens (including phenoxy) is 2. The van der Waals surface area contributed by atoms with Gasteiger partial charge < -0.3 is 14.0 Å². The zero-order chi connectivity index (χ0) is 17.2. The minimum Gasteiger partial charge on any atom is -0.465 e. The summed E-state index contributed by atoms with van der Waals surface area (Å²) < 4.78 is 16.2. The lowest BCUT2D eigenvalue weighted by Crippen LogP contribution is -2.04. The molecule has 0 radical (unpaired) electrons. The van der Waals surface area contributed by atoms with Crippen molar-refractivity contribution >= 4 is 16.9 Å². The predicted molar refractivity (Wildman–Crippen MR) is 92.3 cm³/mol. The van der Waals surface area contributed by atoms with Crippen molar-refractivity contribution in [2.24, 2.45) is 0 Å². The van der Waals surface area contributed by atoms with Crippen molar-refractivity contribution in [1.29, 1.82) is 0 Å². The van der Waals surface area contributed by atoms with Gasteiger partial charge in [-0.15, -0.1) is 0 Å². The maximum absolute atomic E-state index is 12.2. The van der Waals surface area contributed by atoms with Gasteiger partial charge in [-0.05, 0) is 42.0 Å². The topological polar surface area (TPSA) is 61.6 Å². The van der Waals surface area contributed by atoms with Crippen LogP contribution in [-0.4, -0.2) is 18.2 Å². The lowest BCUT2D eigenvalue weighted by molar-refractivity contribution is 0.0602. The molecule has 0 unspecified atom stereocenters. The Morgan fingerprint density at radius 1 is 1.20 bits per heavy atom. The highest BCUT2D eigenvalue weighted by Crippen LogP contribution is 2.42. The second-order valence-corrected chi connectivity index (χ2v) is 6.32. The number of benzene rings is 2. The minimum absolute atomic E-state index is 0.272. The van der Waals surface area contributed by atoms with E-state index in [1.807, 2.05) is 42.5 Å². The van der Waals surface area contributed by atoms with E-state index in [2.05, 4.69) is 5.16 Å². The van der Waals surface area contributed by atoms with Crippen LogP contribution in [-0.2, 0) is 22.7 Å². The van der Waals surface area contributed by atoms with Crippen LogP contribution in [0.25, 0.3) is 11.0 Å². The molecule has 5 heteroatoms. The number of hydrogen-bond acceptors (Lipinski definition) is 5. The molecule has 0 atom stereocenters. The van der Waals surface area contributed by atoms with E-state index in [0.29, 0.717) is 34.8 Å². The van der Waals surface area contributed by atoms with Gasteiger partial charge in [-0.3, -0.25) is 0 Å². The van der Waals surface area contributed by atoms with Gasteiger partial charge in [0.15, 0.2) is 5.58 Å². The number of methoxy groups -OCH3 is 1. The van der Waals surface area contributed by atoms with Gasteiger partial charge in [0.25, 0.3) is 0 Å². The predicted octanol–water partition coefficient (Wildman–Crippen LogP) is 4.21. The summed E-state index contributed by atoms with van der Waals surface area (Å²) in [6.45, 7) is 0.748. The lowest BCUT2D eigenvalue weighted by atomic mass is 10.0. The fraction of sp³-hybridized carbons (Fsp3) is 0.300. The van der Waals surface area contributed by atoms with Crippen molar-refractivity contribution in [2.45, 2.75) is 32.0 Å². The van der Waals surface area contributed by atoms with Crippen LogP contribution in [0.2, 0.25) is 0 Å². The number of aromatic nitrogens is 1. The van der Waals surface area contributed by atoms with Crippen LogP contribution in [0.15, 0.2) is 47.0 Å². The van der Waals surface area contributed by atoms with Crippen LogP contribution < -0.4 is 0 Å². The lowest BCUT2D eigenvalue weighted by Gasteiger charge is -2.06. The van der Waals surface area contributed by atoms with Crippen LogP contribution in [0, 0.1) is 0 Å². The van der Waals surface area contributed by atoms with E-state index in [0.717, 1.165) is 24.0 Å². The average Bonchev–Trinajstić information content (AvgIpc) is 3.43. The summed E-state index contributed by atoms with van der Waals surface area (Å²) in [7, 11) is 1.39. The molecular formula is C20H19NO4. The van der Waals surface area contributed by atoms with Crippen molar-refractivity contribution in [3.05, 3.63) is 64.8 Å². The van der Waals surface area contributed by atoms with E-state index in [1.54, 1.807) is 0 Å². The van der Waals surface area contributed by atoms with E-state index < -0.39 is 0 Å². The Balaban J connectivity index is 1.61. The summed E-state index contributed by atoms with van der Waals surface area (Å²) in [6, 6.07) is 13.8. The SMILES string of the molecule is COC(=O)c1cc(C2CC2)cc2onc(COCc3ccccc3)c12. The second-order valence-electron chi connectivity index (χ2n) is 6.32. The zero-order valence-electron chi connectivity index (χ0n) is 14.0. The molecule has 4 rings (SSSR count). The van der Waals surface area contributed by atoms with Crippen molar-refractivity contribution in [2.75, 3.05) is 7.11 Å². The third-order valence-electron chi connectivity index (χ3n) is 4.47. The number of esters is 1. The number of hydrogen-bond donors (Lipinski definition) is 0. The molecule has 5 nitrogen and oxygen atoms in total. The molecule has 0 N–H and O–H groups in total. The molecule has 0 amide bonds. The summed E-state index contributed by atoms with van der Waals surface area (Å²) in [5.41, 5.74) is 3.93. The second kappa shape index (κ2) is 6.69. The molecule has 0 aliphatic heterocycles. The molecule has 128 valence electrons. The first-order valence-electron chi connectivity index (χ1n) is 8.38. The highest BCUT2D eigenvalue weighted by atomic mass is 16.5. The average molecular weight is 337 g/mol. The van der Waals surface area contributed by atoms with Gasteiger partial charge in [0, 0.05) is 0 Å². The number of carbonyl (C=O) groups is 1. The first-order valence-corrected chi connectivity index (χ1v) is 8.38. The molecule has 1 aromatic heterocycles. The first-order chi connectivity index (χ1) is 12.3. The summed E-state index contributed by atoms with van der Waals surface area (Å²) in [5.74, 6) is 0.135.